The quantitative estimate of drug-likeness (QED) is 0.754. The fourth-order valence-electron chi connectivity index (χ4n) is 1.28. The SMILES string of the molecule is Cc1nc(N)n(-c2cc(F)c(F)cc2F)n1. The third-order valence-electron chi connectivity index (χ3n) is 1.96. The lowest BCUT2D eigenvalue weighted by molar-refractivity contribution is 0.491. The Bertz CT molecular complexity index is 550. The van der Waals surface area contributed by atoms with Crippen molar-refractivity contribution in [1.82, 2.24) is 14.8 Å². The van der Waals surface area contributed by atoms with E-state index >= 15 is 0 Å². The molecule has 0 radical (unpaired) electrons. The van der Waals surface area contributed by atoms with Crippen LogP contribution in [-0.4, -0.2) is 14.8 Å². The lowest BCUT2D eigenvalue weighted by atomic mass is 10.3. The molecule has 4 nitrogen and oxygen atoms in total. The van der Waals surface area contributed by atoms with Crippen LogP contribution in [0.25, 0.3) is 5.69 Å². The number of aromatic nitrogens is 3. The molecule has 0 bridgehead atoms. The predicted molar refractivity (Wildman–Crippen MR) is 50.4 cm³/mol. The first-order valence-electron chi connectivity index (χ1n) is 4.33. The minimum absolute atomic E-state index is 0.0950. The third kappa shape index (κ3) is 1.60. The Morgan fingerprint density at radius 1 is 1.12 bits per heavy atom. The van der Waals surface area contributed by atoms with Crippen LogP contribution in [0.4, 0.5) is 19.1 Å². The first kappa shape index (κ1) is 10.5. The summed E-state index contributed by atoms with van der Waals surface area (Å²) in [6.45, 7) is 1.55. The summed E-state index contributed by atoms with van der Waals surface area (Å²) < 4.78 is 39.9. The average Bonchev–Trinajstić information content (AvgIpc) is 2.51. The van der Waals surface area contributed by atoms with E-state index in [1.807, 2.05) is 0 Å². The molecule has 0 saturated carbocycles. The lowest BCUT2D eigenvalue weighted by Gasteiger charge is -2.04. The Balaban J connectivity index is 2.64. The van der Waals surface area contributed by atoms with Crippen molar-refractivity contribution in [3.05, 3.63) is 35.4 Å². The van der Waals surface area contributed by atoms with Gasteiger partial charge in [-0.15, -0.1) is 5.10 Å². The number of hydrogen-bond donors (Lipinski definition) is 1. The number of nitrogen functional groups attached to an aromatic ring is 1. The Kier molecular flexibility index (Phi) is 2.30. The van der Waals surface area contributed by atoms with Crippen LogP contribution >= 0.6 is 0 Å². The molecule has 1 heterocycles. The lowest BCUT2D eigenvalue weighted by Crippen LogP contribution is -2.06. The van der Waals surface area contributed by atoms with Crippen LogP contribution in [0.3, 0.4) is 0 Å². The Hall–Kier alpha value is -2.05. The fourth-order valence-corrected chi connectivity index (χ4v) is 1.28. The summed E-state index contributed by atoms with van der Waals surface area (Å²) in [4.78, 5) is 3.73. The molecule has 0 amide bonds. The second kappa shape index (κ2) is 3.51. The highest BCUT2D eigenvalue weighted by Crippen LogP contribution is 2.19. The molecule has 0 saturated heterocycles. The molecule has 0 unspecified atom stereocenters. The van der Waals surface area contributed by atoms with Crippen LogP contribution in [-0.2, 0) is 0 Å². The maximum absolute atomic E-state index is 13.4. The van der Waals surface area contributed by atoms with Crippen molar-refractivity contribution in [3.8, 4) is 5.69 Å². The molecule has 1 aromatic heterocycles. The van der Waals surface area contributed by atoms with Gasteiger partial charge in [-0.3, -0.25) is 0 Å². The van der Waals surface area contributed by atoms with Crippen LogP contribution < -0.4 is 5.73 Å². The topological polar surface area (TPSA) is 56.7 Å². The van der Waals surface area contributed by atoms with E-state index in [-0.39, 0.29) is 11.6 Å². The molecular weight excluding hydrogens is 221 g/mol. The maximum atomic E-state index is 13.4. The molecule has 0 aliphatic heterocycles. The minimum Gasteiger partial charge on any atom is -0.368 e. The molecule has 0 spiro atoms. The van der Waals surface area contributed by atoms with Gasteiger partial charge in [-0.1, -0.05) is 0 Å². The number of aryl methyl sites for hydroxylation is 1. The van der Waals surface area contributed by atoms with Gasteiger partial charge in [0.2, 0.25) is 5.95 Å². The number of nitrogens with zero attached hydrogens (tertiary/aromatic N) is 3. The molecule has 1 aromatic carbocycles. The number of halogens is 3. The van der Waals surface area contributed by atoms with Crippen molar-refractivity contribution in [2.24, 2.45) is 0 Å². The number of anilines is 1. The van der Waals surface area contributed by atoms with E-state index in [1.165, 1.54) is 0 Å². The van der Waals surface area contributed by atoms with E-state index in [4.69, 9.17) is 5.73 Å². The second-order valence-electron chi connectivity index (χ2n) is 3.15. The molecule has 2 rings (SSSR count). The van der Waals surface area contributed by atoms with Crippen LogP contribution in [0, 0.1) is 24.4 Å². The summed E-state index contributed by atoms with van der Waals surface area (Å²) in [7, 11) is 0. The third-order valence-corrected chi connectivity index (χ3v) is 1.96. The van der Waals surface area contributed by atoms with Gasteiger partial charge < -0.3 is 5.73 Å². The van der Waals surface area contributed by atoms with Gasteiger partial charge >= 0.3 is 0 Å². The maximum Gasteiger partial charge on any atom is 0.223 e. The Labute approximate surface area is 88.5 Å². The van der Waals surface area contributed by atoms with Crippen molar-refractivity contribution in [1.29, 1.82) is 0 Å². The molecule has 0 aliphatic rings. The number of nitrogens with two attached hydrogens (primary N) is 1. The van der Waals surface area contributed by atoms with Crippen molar-refractivity contribution >= 4 is 5.95 Å². The monoisotopic (exact) mass is 228 g/mol. The molecule has 0 fully saturated rings. The highest BCUT2D eigenvalue weighted by molar-refractivity contribution is 5.39. The molecule has 0 aliphatic carbocycles. The normalized spacial score (nSPS) is 10.8. The second-order valence-corrected chi connectivity index (χ2v) is 3.15. The summed E-state index contributed by atoms with van der Waals surface area (Å²) >= 11 is 0. The van der Waals surface area contributed by atoms with E-state index in [1.54, 1.807) is 6.92 Å². The summed E-state index contributed by atoms with van der Waals surface area (Å²) in [6.07, 6.45) is 0. The van der Waals surface area contributed by atoms with Crippen LogP contribution in [0.5, 0.6) is 0 Å². The molecule has 16 heavy (non-hydrogen) atoms. The van der Waals surface area contributed by atoms with Gasteiger partial charge in [0, 0.05) is 12.1 Å². The predicted octanol–water partition coefficient (Wildman–Crippen LogP) is 1.58. The summed E-state index contributed by atoms with van der Waals surface area (Å²) in [5.41, 5.74) is 5.16. The van der Waals surface area contributed by atoms with E-state index in [0.29, 0.717) is 18.0 Å². The van der Waals surface area contributed by atoms with E-state index in [2.05, 4.69) is 10.1 Å². The number of benzene rings is 1. The van der Waals surface area contributed by atoms with Gasteiger partial charge in [-0.25, -0.2) is 13.2 Å². The fraction of sp³-hybridized carbons (Fsp3) is 0.111. The van der Waals surface area contributed by atoms with Gasteiger partial charge in [0.25, 0.3) is 0 Å². The molecule has 2 aromatic rings. The highest BCUT2D eigenvalue weighted by atomic mass is 19.2. The number of hydrogen-bond acceptors (Lipinski definition) is 3. The first-order chi connectivity index (χ1) is 7.49. The van der Waals surface area contributed by atoms with Crippen molar-refractivity contribution < 1.29 is 13.2 Å². The van der Waals surface area contributed by atoms with Crippen molar-refractivity contribution in [2.75, 3.05) is 5.73 Å². The van der Waals surface area contributed by atoms with Gasteiger partial charge in [0.1, 0.15) is 11.5 Å². The highest BCUT2D eigenvalue weighted by Gasteiger charge is 2.14. The molecule has 7 heteroatoms. The first-order valence-corrected chi connectivity index (χ1v) is 4.33. The van der Waals surface area contributed by atoms with Gasteiger partial charge in [0.15, 0.2) is 17.5 Å². The van der Waals surface area contributed by atoms with Crippen LogP contribution in [0.2, 0.25) is 0 Å². The van der Waals surface area contributed by atoms with Crippen LogP contribution in [0.1, 0.15) is 5.82 Å². The largest absolute Gasteiger partial charge is 0.368 e. The molecule has 84 valence electrons. The van der Waals surface area contributed by atoms with E-state index < -0.39 is 17.5 Å². The Morgan fingerprint density at radius 3 is 2.31 bits per heavy atom. The summed E-state index contributed by atoms with van der Waals surface area (Å²) in [5, 5.41) is 3.76. The van der Waals surface area contributed by atoms with Gasteiger partial charge in [0.05, 0.1) is 0 Å². The van der Waals surface area contributed by atoms with Gasteiger partial charge in [-0.2, -0.15) is 9.67 Å². The smallest absolute Gasteiger partial charge is 0.223 e. The van der Waals surface area contributed by atoms with Crippen molar-refractivity contribution in [2.45, 2.75) is 6.92 Å². The van der Waals surface area contributed by atoms with Gasteiger partial charge in [-0.05, 0) is 6.92 Å². The summed E-state index contributed by atoms with van der Waals surface area (Å²) in [6, 6.07) is 1.11. The molecule has 2 N–H and O–H groups in total. The molecular formula is C9H7F3N4. The van der Waals surface area contributed by atoms with E-state index in [0.717, 1.165) is 4.68 Å². The number of rotatable bonds is 1. The van der Waals surface area contributed by atoms with Crippen molar-refractivity contribution in [3.63, 3.8) is 0 Å². The van der Waals surface area contributed by atoms with Crippen LogP contribution in [0.15, 0.2) is 12.1 Å². The standard InChI is InChI=1S/C9H7F3N4/c1-4-14-9(13)16(15-4)8-3-6(11)5(10)2-7(8)12/h2-3H,1H3,(H2,13,14,15). The zero-order valence-corrected chi connectivity index (χ0v) is 8.21. The average molecular weight is 228 g/mol. The van der Waals surface area contributed by atoms with E-state index in [9.17, 15) is 13.2 Å². The molecule has 0 atom stereocenters. The zero-order chi connectivity index (χ0) is 11.9. The zero-order valence-electron chi connectivity index (χ0n) is 8.21. The minimum atomic E-state index is -1.27. The summed E-state index contributed by atoms with van der Waals surface area (Å²) in [5.74, 6) is -3.19. The Morgan fingerprint density at radius 2 is 1.75 bits per heavy atom.